The molecule has 1 N–H and O–H groups in total. The summed E-state index contributed by atoms with van der Waals surface area (Å²) < 4.78 is 1.80. The number of aryl methyl sites for hydroxylation is 1. The highest BCUT2D eigenvalue weighted by molar-refractivity contribution is 7.99. The molecule has 3 aromatic rings. The van der Waals surface area contributed by atoms with Gasteiger partial charge in [-0.25, -0.2) is 9.97 Å². The van der Waals surface area contributed by atoms with Crippen LogP contribution < -0.4 is 5.32 Å². The molecule has 0 aliphatic rings. The number of aromatic nitrogens is 4. The van der Waals surface area contributed by atoms with Crippen LogP contribution in [0.2, 0.25) is 0 Å². The number of hydrogen-bond donors (Lipinski definition) is 1. The fraction of sp³-hybridized carbons (Fsp3) is 0.308. The Morgan fingerprint density at radius 3 is 3.05 bits per heavy atom. The third-order valence-electron chi connectivity index (χ3n) is 2.72. The van der Waals surface area contributed by atoms with Gasteiger partial charge in [0.15, 0.2) is 0 Å². The van der Waals surface area contributed by atoms with Crippen molar-refractivity contribution in [3.05, 3.63) is 23.8 Å². The van der Waals surface area contributed by atoms with Crippen LogP contribution in [-0.4, -0.2) is 26.3 Å². The summed E-state index contributed by atoms with van der Waals surface area (Å²) in [6.07, 6.45) is 4.89. The molecule has 0 saturated heterocycles. The second kappa shape index (κ2) is 5.80. The minimum absolute atomic E-state index is 0.702. The van der Waals surface area contributed by atoms with Gasteiger partial charge in [0.2, 0.25) is 5.95 Å². The Balaban J connectivity index is 1.96. The number of thiophene rings is 1. The second-order valence-electron chi connectivity index (χ2n) is 4.37. The van der Waals surface area contributed by atoms with Gasteiger partial charge in [-0.05, 0) is 17.9 Å². The van der Waals surface area contributed by atoms with Gasteiger partial charge in [0, 0.05) is 25.2 Å². The van der Waals surface area contributed by atoms with Crippen molar-refractivity contribution >= 4 is 39.3 Å². The molecule has 3 heterocycles. The van der Waals surface area contributed by atoms with Crippen LogP contribution in [0, 0.1) is 0 Å². The maximum absolute atomic E-state index is 4.63. The fourth-order valence-electron chi connectivity index (χ4n) is 1.79. The van der Waals surface area contributed by atoms with Crippen molar-refractivity contribution in [1.29, 1.82) is 0 Å². The number of nitrogens with one attached hydrogen (secondary N) is 1. The largest absolute Gasteiger partial charge is 0.354 e. The molecule has 7 heteroatoms. The SMILES string of the molecule is CCCNc1nc(Sc2cnn(C)c2)c2ccsc2n1. The minimum atomic E-state index is 0.702. The van der Waals surface area contributed by atoms with Gasteiger partial charge in [0.05, 0.1) is 11.1 Å². The van der Waals surface area contributed by atoms with Gasteiger partial charge in [0.1, 0.15) is 9.86 Å². The molecule has 3 rings (SSSR count). The molecule has 0 saturated carbocycles. The molecule has 0 unspecified atom stereocenters. The van der Waals surface area contributed by atoms with E-state index in [4.69, 9.17) is 0 Å². The van der Waals surface area contributed by atoms with E-state index in [1.54, 1.807) is 27.8 Å². The Morgan fingerprint density at radius 2 is 2.30 bits per heavy atom. The molecule has 0 aliphatic heterocycles. The number of fused-ring (bicyclic) bond motifs is 1. The Labute approximate surface area is 125 Å². The average molecular weight is 305 g/mol. The first-order valence-electron chi connectivity index (χ1n) is 6.42. The Hall–Kier alpha value is -1.60. The van der Waals surface area contributed by atoms with E-state index in [0.717, 1.165) is 33.1 Å². The summed E-state index contributed by atoms with van der Waals surface area (Å²) in [7, 11) is 1.92. The van der Waals surface area contributed by atoms with Gasteiger partial charge in [0.25, 0.3) is 0 Å². The predicted octanol–water partition coefficient (Wildman–Crippen LogP) is 3.40. The molecule has 0 spiro atoms. The molecule has 0 atom stereocenters. The summed E-state index contributed by atoms with van der Waals surface area (Å²) in [5, 5.41) is 11.6. The zero-order chi connectivity index (χ0) is 13.9. The monoisotopic (exact) mass is 305 g/mol. The number of anilines is 1. The molecule has 3 aromatic heterocycles. The van der Waals surface area contributed by atoms with Crippen molar-refractivity contribution in [2.24, 2.45) is 7.05 Å². The van der Waals surface area contributed by atoms with Crippen molar-refractivity contribution in [1.82, 2.24) is 19.7 Å². The minimum Gasteiger partial charge on any atom is -0.354 e. The maximum atomic E-state index is 4.63. The van der Waals surface area contributed by atoms with Crippen LogP contribution in [0.5, 0.6) is 0 Å². The highest BCUT2D eigenvalue weighted by Gasteiger charge is 2.11. The van der Waals surface area contributed by atoms with Crippen LogP contribution in [0.3, 0.4) is 0 Å². The first kappa shape index (κ1) is 13.4. The summed E-state index contributed by atoms with van der Waals surface area (Å²) in [5.74, 6) is 0.702. The fourth-order valence-corrected chi connectivity index (χ4v) is 3.55. The third kappa shape index (κ3) is 2.78. The van der Waals surface area contributed by atoms with Crippen LogP contribution in [-0.2, 0) is 7.05 Å². The second-order valence-corrected chi connectivity index (χ2v) is 6.33. The molecule has 0 aliphatic carbocycles. The van der Waals surface area contributed by atoms with Gasteiger partial charge < -0.3 is 5.32 Å². The molecule has 0 radical (unpaired) electrons. The van der Waals surface area contributed by atoms with E-state index in [-0.39, 0.29) is 0 Å². The highest BCUT2D eigenvalue weighted by Crippen LogP contribution is 2.33. The average Bonchev–Trinajstić information content (AvgIpc) is 3.05. The molecule has 0 amide bonds. The lowest BCUT2D eigenvalue weighted by molar-refractivity contribution is 0.766. The van der Waals surface area contributed by atoms with E-state index in [0.29, 0.717) is 5.95 Å². The van der Waals surface area contributed by atoms with Crippen LogP contribution >= 0.6 is 23.1 Å². The molecule has 104 valence electrons. The summed E-state index contributed by atoms with van der Waals surface area (Å²) in [6, 6.07) is 2.07. The van der Waals surface area contributed by atoms with E-state index < -0.39 is 0 Å². The molecule has 0 aromatic carbocycles. The van der Waals surface area contributed by atoms with Crippen molar-refractivity contribution < 1.29 is 0 Å². The van der Waals surface area contributed by atoms with Gasteiger partial charge in [-0.1, -0.05) is 18.7 Å². The van der Waals surface area contributed by atoms with E-state index in [1.165, 1.54) is 0 Å². The lowest BCUT2D eigenvalue weighted by atomic mass is 10.4. The summed E-state index contributed by atoms with van der Waals surface area (Å²) in [6.45, 7) is 3.01. The lowest BCUT2D eigenvalue weighted by Crippen LogP contribution is -2.04. The smallest absolute Gasteiger partial charge is 0.225 e. The molecular formula is C13H15N5S2. The maximum Gasteiger partial charge on any atom is 0.225 e. The van der Waals surface area contributed by atoms with E-state index in [1.807, 2.05) is 19.4 Å². The number of rotatable bonds is 5. The van der Waals surface area contributed by atoms with E-state index >= 15 is 0 Å². The van der Waals surface area contributed by atoms with Crippen molar-refractivity contribution in [2.75, 3.05) is 11.9 Å². The van der Waals surface area contributed by atoms with Crippen molar-refractivity contribution in [3.63, 3.8) is 0 Å². The van der Waals surface area contributed by atoms with Crippen LogP contribution in [0.15, 0.2) is 33.8 Å². The van der Waals surface area contributed by atoms with Gasteiger partial charge in [-0.2, -0.15) is 5.10 Å². The Bertz CT molecular complexity index is 718. The van der Waals surface area contributed by atoms with Crippen LogP contribution in [0.25, 0.3) is 10.2 Å². The molecule has 0 fully saturated rings. The molecule has 0 bridgehead atoms. The summed E-state index contributed by atoms with van der Waals surface area (Å²) >= 11 is 3.26. The van der Waals surface area contributed by atoms with Crippen molar-refractivity contribution in [3.8, 4) is 0 Å². The van der Waals surface area contributed by atoms with Crippen LogP contribution in [0.1, 0.15) is 13.3 Å². The van der Waals surface area contributed by atoms with E-state index in [9.17, 15) is 0 Å². The Kier molecular flexibility index (Phi) is 3.88. The highest BCUT2D eigenvalue weighted by atomic mass is 32.2. The van der Waals surface area contributed by atoms with Gasteiger partial charge >= 0.3 is 0 Å². The standard InChI is InChI=1S/C13H15N5S2/c1-3-5-14-13-16-11-10(4-6-19-11)12(17-13)20-9-7-15-18(2)8-9/h4,6-8H,3,5H2,1-2H3,(H,14,16,17). The number of nitrogens with zero attached hydrogens (tertiary/aromatic N) is 4. The first-order valence-corrected chi connectivity index (χ1v) is 8.11. The predicted molar refractivity (Wildman–Crippen MR) is 83.5 cm³/mol. The molecular weight excluding hydrogens is 290 g/mol. The van der Waals surface area contributed by atoms with Crippen molar-refractivity contribution in [2.45, 2.75) is 23.3 Å². The topological polar surface area (TPSA) is 55.6 Å². The number of hydrogen-bond acceptors (Lipinski definition) is 6. The van der Waals surface area contributed by atoms with Gasteiger partial charge in [-0.3, -0.25) is 4.68 Å². The lowest BCUT2D eigenvalue weighted by Gasteiger charge is -2.06. The zero-order valence-electron chi connectivity index (χ0n) is 11.3. The Morgan fingerprint density at radius 1 is 1.40 bits per heavy atom. The van der Waals surface area contributed by atoms with E-state index in [2.05, 4.69) is 38.8 Å². The zero-order valence-corrected chi connectivity index (χ0v) is 13.0. The summed E-state index contributed by atoms with van der Waals surface area (Å²) in [5.41, 5.74) is 0. The quantitative estimate of drug-likeness (QED) is 0.732. The normalized spacial score (nSPS) is 11.1. The molecule has 5 nitrogen and oxygen atoms in total. The van der Waals surface area contributed by atoms with Crippen LogP contribution in [0.4, 0.5) is 5.95 Å². The summed E-state index contributed by atoms with van der Waals surface area (Å²) in [4.78, 5) is 11.3. The third-order valence-corrected chi connectivity index (χ3v) is 4.48. The first-order chi connectivity index (χ1) is 9.76. The van der Waals surface area contributed by atoms with Gasteiger partial charge in [-0.15, -0.1) is 11.3 Å². The molecule has 20 heavy (non-hydrogen) atoms.